The van der Waals surface area contributed by atoms with Gasteiger partial charge in [-0.2, -0.15) is 0 Å². The fourth-order valence-corrected chi connectivity index (χ4v) is 6.16. The lowest BCUT2D eigenvalue weighted by Gasteiger charge is -2.27. The van der Waals surface area contributed by atoms with Gasteiger partial charge in [0.25, 0.3) is 0 Å². The number of hydrogen-bond donors (Lipinski definition) is 0. The van der Waals surface area contributed by atoms with Gasteiger partial charge in [-0.15, -0.1) is 0 Å². The molecule has 8 heteroatoms. The van der Waals surface area contributed by atoms with E-state index in [0.717, 1.165) is 70.1 Å². The highest BCUT2D eigenvalue weighted by Gasteiger charge is 2.68. The van der Waals surface area contributed by atoms with Gasteiger partial charge in [0.1, 0.15) is 6.61 Å². The van der Waals surface area contributed by atoms with E-state index in [1.54, 1.807) is 0 Å². The van der Waals surface area contributed by atoms with Crippen LogP contribution in [0, 0.1) is 16.7 Å². The van der Waals surface area contributed by atoms with Crippen molar-refractivity contribution < 1.29 is 23.8 Å². The Bertz CT molecular complexity index is 1130. The fourth-order valence-electron chi connectivity index (χ4n) is 6.16. The number of para-hydroxylation sites is 1. The van der Waals surface area contributed by atoms with Crippen LogP contribution in [0.5, 0.6) is 0 Å². The van der Waals surface area contributed by atoms with E-state index in [0.29, 0.717) is 31.0 Å². The molecule has 2 saturated heterocycles. The van der Waals surface area contributed by atoms with E-state index < -0.39 is 0 Å². The molecule has 0 amide bonds. The lowest BCUT2D eigenvalue weighted by molar-refractivity contribution is 0.0196. The molecule has 3 fully saturated rings. The molecule has 1 aromatic heterocycles. The van der Waals surface area contributed by atoms with Gasteiger partial charge in [0.15, 0.2) is 5.78 Å². The van der Waals surface area contributed by atoms with Crippen LogP contribution in [0.3, 0.4) is 0 Å². The first-order valence-electron chi connectivity index (χ1n) is 13.7. The average Bonchev–Trinajstić information content (AvgIpc) is 3.14. The molecule has 1 saturated carbocycles. The molecule has 1 aromatic carbocycles. The van der Waals surface area contributed by atoms with Gasteiger partial charge in [-0.3, -0.25) is 14.6 Å². The van der Waals surface area contributed by atoms with Gasteiger partial charge >= 0.3 is 5.97 Å². The van der Waals surface area contributed by atoms with Crippen LogP contribution in [0.4, 0.5) is 0 Å². The smallest absolute Gasteiger partial charge is 0.340 e. The van der Waals surface area contributed by atoms with E-state index >= 15 is 0 Å². The number of morpholine rings is 2. The van der Waals surface area contributed by atoms with Gasteiger partial charge in [-0.1, -0.05) is 39.8 Å². The molecule has 1 aliphatic carbocycles. The minimum Gasteiger partial charge on any atom is -0.461 e. The number of Topliss-reactive ketones (excluding diaryl/α,β-unsaturated/α-hetero) is 1. The van der Waals surface area contributed by atoms with Gasteiger partial charge in [-0.25, -0.2) is 4.79 Å². The van der Waals surface area contributed by atoms with Crippen molar-refractivity contribution >= 4 is 22.7 Å². The Morgan fingerprint density at radius 3 is 2.08 bits per heavy atom. The third-order valence-electron chi connectivity index (χ3n) is 9.16. The highest BCUT2D eigenvalue weighted by molar-refractivity contribution is 6.08. The molecule has 8 nitrogen and oxygen atoms in total. The number of ketones is 1. The maximum atomic E-state index is 13.9. The number of ether oxygens (including phenoxy) is 3. The second-order valence-corrected chi connectivity index (χ2v) is 11.7. The van der Waals surface area contributed by atoms with Crippen molar-refractivity contribution in [1.29, 1.82) is 0 Å². The summed E-state index contributed by atoms with van der Waals surface area (Å²) in [6, 6.07) is 7.67. The molecular formula is C29H41N3O5. The van der Waals surface area contributed by atoms with Crippen molar-refractivity contribution in [2.75, 3.05) is 72.3 Å². The number of rotatable bonds is 9. The van der Waals surface area contributed by atoms with Crippen molar-refractivity contribution in [1.82, 2.24) is 14.4 Å². The minimum atomic E-state index is -0.337. The molecule has 3 heterocycles. The SMILES string of the molecule is CC1(C)C(C(=O)c2cc3cccc(C(=O)OCCN4CCOCC4)c3n2CCN2CCOCC2)C1(C)C. The summed E-state index contributed by atoms with van der Waals surface area (Å²) >= 11 is 0. The van der Waals surface area contributed by atoms with Crippen LogP contribution in [-0.2, 0) is 20.8 Å². The first-order chi connectivity index (χ1) is 17.7. The van der Waals surface area contributed by atoms with E-state index in [9.17, 15) is 9.59 Å². The van der Waals surface area contributed by atoms with Crippen LogP contribution in [0.2, 0.25) is 0 Å². The number of esters is 1. The first-order valence-corrected chi connectivity index (χ1v) is 13.7. The molecule has 0 N–H and O–H groups in total. The third kappa shape index (κ3) is 5.09. The molecule has 0 spiro atoms. The molecule has 2 aliphatic heterocycles. The summed E-state index contributed by atoms with van der Waals surface area (Å²) in [6.45, 7) is 17.5. The van der Waals surface area contributed by atoms with Crippen LogP contribution in [0.15, 0.2) is 24.3 Å². The summed E-state index contributed by atoms with van der Waals surface area (Å²) in [7, 11) is 0. The number of nitrogens with zero attached hydrogens (tertiary/aromatic N) is 3. The van der Waals surface area contributed by atoms with Crippen molar-refractivity contribution in [2.45, 2.75) is 34.2 Å². The van der Waals surface area contributed by atoms with Crippen molar-refractivity contribution in [3.63, 3.8) is 0 Å². The summed E-state index contributed by atoms with van der Waals surface area (Å²) in [6.07, 6.45) is 0. The Morgan fingerprint density at radius 2 is 1.49 bits per heavy atom. The minimum absolute atomic E-state index is 0.0460. The Kier molecular flexibility index (Phi) is 7.47. The van der Waals surface area contributed by atoms with Crippen molar-refractivity contribution in [3.05, 3.63) is 35.5 Å². The van der Waals surface area contributed by atoms with Crippen LogP contribution >= 0.6 is 0 Å². The zero-order chi connectivity index (χ0) is 26.2. The topological polar surface area (TPSA) is 73.2 Å². The third-order valence-corrected chi connectivity index (χ3v) is 9.16. The highest BCUT2D eigenvalue weighted by Crippen LogP contribution is 2.69. The van der Waals surface area contributed by atoms with E-state index in [1.165, 1.54) is 0 Å². The molecular weight excluding hydrogens is 470 g/mol. The fraction of sp³-hybridized carbons (Fsp3) is 0.655. The quantitative estimate of drug-likeness (QED) is 0.378. The van der Waals surface area contributed by atoms with Gasteiger partial charge in [0.2, 0.25) is 0 Å². The monoisotopic (exact) mass is 511 g/mol. The van der Waals surface area contributed by atoms with Crippen LogP contribution in [0.25, 0.3) is 10.9 Å². The summed E-state index contributed by atoms with van der Waals surface area (Å²) in [5.41, 5.74) is 1.90. The largest absolute Gasteiger partial charge is 0.461 e. The lowest BCUT2D eigenvalue weighted by Crippen LogP contribution is -2.38. The van der Waals surface area contributed by atoms with Gasteiger partial charge in [0, 0.05) is 57.1 Å². The number of fused-ring (bicyclic) bond motifs is 1. The molecule has 2 aromatic rings. The molecule has 202 valence electrons. The molecule has 0 atom stereocenters. The molecule has 0 radical (unpaired) electrons. The number of aromatic nitrogens is 1. The average molecular weight is 512 g/mol. The second kappa shape index (κ2) is 10.5. The molecule has 5 rings (SSSR count). The number of hydrogen-bond acceptors (Lipinski definition) is 7. The zero-order valence-electron chi connectivity index (χ0n) is 22.8. The van der Waals surface area contributed by atoms with E-state index in [4.69, 9.17) is 14.2 Å². The maximum Gasteiger partial charge on any atom is 0.340 e. The number of carbonyl (C=O) groups is 2. The predicted octanol–water partition coefficient (Wildman–Crippen LogP) is 3.33. The highest BCUT2D eigenvalue weighted by atomic mass is 16.5. The number of carbonyl (C=O) groups excluding carboxylic acids is 2. The normalized spacial score (nSPS) is 22.3. The summed E-state index contributed by atoms with van der Waals surface area (Å²) < 4.78 is 18.7. The van der Waals surface area contributed by atoms with E-state index in [1.807, 2.05) is 24.3 Å². The van der Waals surface area contributed by atoms with E-state index in [2.05, 4.69) is 42.1 Å². The standard InChI is InChI=1S/C29H41N3O5/c1-28(2)26(29(28,3)4)25(33)23-20-21-6-5-7-22(27(34)37-19-14-31-12-17-36-18-13-31)24(21)32(23)9-8-30-10-15-35-16-11-30/h5-7,20,26H,8-19H2,1-4H3. The Balaban J connectivity index is 1.42. The summed E-state index contributed by atoms with van der Waals surface area (Å²) in [4.78, 5) is 31.8. The summed E-state index contributed by atoms with van der Waals surface area (Å²) in [5, 5.41) is 0.907. The van der Waals surface area contributed by atoms with Crippen LogP contribution in [0.1, 0.15) is 48.5 Å². The zero-order valence-corrected chi connectivity index (χ0v) is 22.8. The Morgan fingerprint density at radius 1 is 0.892 bits per heavy atom. The van der Waals surface area contributed by atoms with Gasteiger partial charge < -0.3 is 18.8 Å². The molecule has 0 bridgehead atoms. The van der Waals surface area contributed by atoms with E-state index in [-0.39, 0.29) is 28.5 Å². The van der Waals surface area contributed by atoms with Crippen LogP contribution in [-0.4, -0.2) is 98.4 Å². The Labute approximate surface area is 219 Å². The Hall–Kier alpha value is -2.26. The molecule has 3 aliphatic rings. The second-order valence-electron chi connectivity index (χ2n) is 11.7. The predicted molar refractivity (Wildman–Crippen MR) is 142 cm³/mol. The lowest BCUT2D eigenvalue weighted by atomic mass is 10.0. The van der Waals surface area contributed by atoms with Crippen molar-refractivity contribution in [3.8, 4) is 0 Å². The molecule has 0 unspecified atom stereocenters. The van der Waals surface area contributed by atoms with Gasteiger partial charge in [0.05, 0.1) is 43.2 Å². The molecule has 37 heavy (non-hydrogen) atoms. The number of benzene rings is 1. The van der Waals surface area contributed by atoms with Crippen LogP contribution < -0.4 is 0 Å². The summed E-state index contributed by atoms with van der Waals surface area (Å²) in [5.74, 6) is -0.217. The maximum absolute atomic E-state index is 13.9. The first kappa shape index (κ1) is 26.4. The van der Waals surface area contributed by atoms with Gasteiger partial charge in [-0.05, 0) is 23.0 Å². The van der Waals surface area contributed by atoms with Crippen molar-refractivity contribution in [2.24, 2.45) is 16.7 Å².